The summed E-state index contributed by atoms with van der Waals surface area (Å²) >= 11 is 0. The van der Waals surface area contributed by atoms with Crippen LogP contribution in [0.1, 0.15) is 45.4 Å². The van der Waals surface area contributed by atoms with Crippen molar-refractivity contribution >= 4 is 5.91 Å². The fraction of sp³-hybridized carbons (Fsp3) is 0.818. The Hall–Kier alpha value is -1.04. The van der Waals surface area contributed by atoms with E-state index in [1.165, 1.54) is 19.3 Å². The van der Waals surface area contributed by atoms with E-state index in [0.717, 1.165) is 12.8 Å². The van der Waals surface area contributed by atoms with Gasteiger partial charge in [0.15, 0.2) is 0 Å². The van der Waals surface area contributed by atoms with Crippen LogP contribution >= 0.6 is 0 Å². The van der Waals surface area contributed by atoms with Crippen molar-refractivity contribution in [1.82, 2.24) is 4.90 Å². The Morgan fingerprint density at radius 1 is 1.43 bits per heavy atom. The van der Waals surface area contributed by atoms with Gasteiger partial charge in [-0.15, -0.1) is 0 Å². The van der Waals surface area contributed by atoms with Gasteiger partial charge in [0, 0.05) is 12.5 Å². The molecule has 0 radical (unpaired) electrons. The van der Waals surface area contributed by atoms with Crippen LogP contribution in [-0.4, -0.2) is 23.4 Å². The largest absolute Gasteiger partial charge is 0.326 e. The molecule has 1 amide bonds. The van der Waals surface area contributed by atoms with Crippen molar-refractivity contribution in [3.63, 3.8) is 0 Å². The molecular formula is C11H18N2O. The number of amides is 1. The molecule has 14 heavy (non-hydrogen) atoms. The number of rotatable bonds is 3. The molecule has 0 bridgehead atoms. The van der Waals surface area contributed by atoms with E-state index in [0.29, 0.717) is 12.5 Å². The average Bonchev–Trinajstić information content (AvgIpc) is 2.26. The van der Waals surface area contributed by atoms with Crippen LogP contribution in [0.4, 0.5) is 0 Å². The third kappa shape index (κ3) is 2.73. The van der Waals surface area contributed by atoms with E-state index in [1.807, 2.05) is 6.92 Å². The highest BCUT2D eigenvalue weighted by Crippen LogP contribution is 2.22. The Morgan fingerprint density at radius 2 is 2.07 bits per heavy atom. The van der Waals surface area contributed by atoms with Gasteiger partial charge in [0.1, 0.15) is 6.54 Å². The summed E-state index contributed by atoms with van der Waals surface area (Å²) in [4.78, 5) is 13.3. The van der Waals surface area contributed by atoms with Crippen LogP contribution in [0, 0.1) is 11.3 Å². The molecule has 0 aliphatic heterocycles. The second kappa shape index (κ2) is 5.64. The lowest BCUT2D eigenvalue weighted by molar-refractivity contribution is -0.133. The SMILES string of the molecule is CCC(=O)N(CC#N)C1CCCCC1. The maximum absolute atomic E-state index is 11.6. The van der Waals surface area contributed by atoms with E-state index in [1.54, 1.807) is 4.90 Å². The van der Waals surface area contributed by atoms with Crippen molar-refractivity contribution < 1.29 is 4.79 Å². The lowest BCUT2D eigenvalue weighted by atomic mass is 9.94. The van der Waals surface area contributed by atoms with Gasteiger partial charge in [0.2, 0.25) is 5.91 Å². The van der Waals surface area contributed by atoms with E-state index in [-0.39, 0.29) is 12.5 Å². The van der Waals surface area contributed by atoms with Crippen LogP contribution < -0.4 is 0 Å². The van der Waals surface area contributed by atoms with Gasteiger partial charge in [-0.05, 0) is 12.8 Å². The second-order valence-electron chi connectivity index (χ2n) is 3.83. The molecule has 1 saturated carbocycles. The Bertz CT molecular complexity index is 226. The summed E-state index contributed by atoms with van der Waals surface area (Å²) in [5, 5.41) is 8.67. The molecule has 0 aromatic carbocycles. The Kier molecular flexibility index (Phi) is 4.45. The maximum Gasteiger partial charge on any atom is 0.223 e. The number of hydrogen-bond donors (Lipinski definition) is 0. The Morgan fingerprint density at radius 3 is 2.57 bits per heavy atom. The zero-order valence-corrected chi connectivity index (χ0v) is 8.83. The summed E-state index contributed by atoms with van der Waals surface area (Å²) in [6.07, 6.45) is 6.34. The van der Waals surface area contributed by atoms with Crippen molar-refractivity contribution in [3.8, 4) is 6.07 Å². The normalized spacial score (nSPS) is 17.4. The van der Waals surface area contributed by atoms with E-state index < -0.39 is 0 Å². The number of nitrogens with zero attached hydrogens (tertiary/aromatic N) is 2. The van der Waals surface area contributed by atoms with Gasteiger partial charge in [-0.1, -0.05) is 26.2 Å². The molecule has 0 unspecified atom stereocenters. The number of nitriles is 1. The van der Waals surface area contributed by atoms with Crippen LogP contribution in [0.15, 0.2) is 0 Å². The molecule has 3 nitrogen and oxygen atoms in total. The first kappa shape index (κ1) is 11.0. The Labute approximate surface area is 85.7 Å². The molecule has 1 rings (SSSR count). The van der Waals surface area contributed by atoms with E-state index in [9.17, 15) is 4.79 Å². The van der Waals surface area contributed by atoms with E-state index in [4.69, 9.17) is 5.26 Å². The lowest BCUT2D eigenvalue weighted by Gasteiger charge is -2.32. The molecule has 1 fully saturated rings. The van der Waals surface area contributed by atoms with Crippen LogP contribution in [-0.2, 0) is 4.79 Å². The van der Waals surface area contributed by atoms with Gasteiger partial charge in [0.25, 0.3) is 0 Å². The van der Waals surface area contributed by atoms with Gasteiger partial charge in [0.05, 0.1) is 6.07 Å². The fourth-order valence-electron chi connectivity index (χ4n) is 2.09. The minimum atomic E-state index is 0.124. The molecule has 78 valence electrons. The quantitative estimate of drug-likeness (QED) is 0.646. The van der Waals surface area contributed by atoms with Crippen LogP contribution in [0.25, 0.3) is 0 Å². The molecule has 0 spiro atoms. The highest BCUT2D eigenvalue weighted by Gasteiger charge is 2.23. The predicted molar refractivity (Wildman–Crippen MR) is 54.5 cm³/mol. The van der Waals surface area contributed by atoms with Crippen molar-refractivity contribution in [3.05, 3.63) is 0 Å². The smallest absolute Gasteiger partial charge is 0.223 e. The first-order chi connectivity index (χ1) is 6.79. The van der Waals surface area contributed by atoms with Crippen LogP contribution in [0.5, 0.6) is 0 Å². The summed E-state index contributed by atoms with van der Waals surface area (Å²) in [5.41, 5.74) is 0. The summed E-state index contributed by atoms with van der Waals surface area (Å²) in [6.45, 7) is 2.12. The minimum Gasteiger partial charge on any atom is -0.326 e. The van der Waals surface area contributed by atoms with Gasteiger partial charge >= 0.3 is 0 Å². The summed E-state index contributed by atoms with van der Waals surface area (Å²) in [5.74, 6) is 0.124. The molecule has 1 aliphatic rings. The van der Waals surface area contributed by atoms with Gasteiger partial charge in [-0.2, -0.15) is 5.26 Å². The van der Waals surface area contributed by atoms with Gasteiger partial charge in [-0.25, -0.2) is 0 Å². The van der Waals surface area contributed by atoms with Crippen LogP contribution in [0.2, 0.25) is 0 Å². The first-order valence-electron chi connectivity index (χ1n) is 5.46. The van der Waals surface area contributed by atoms with Crippen molar-refractivity contribution in [2.75, 3.05) is 6.54 Å². The molecule has 0 atom stereocenters. The highest BCUT2D eigenvalue weighted by atomic mass is 16.2. The monoisotopic (exact) mass is 194 g/mol. The number of carbonyl (C=O) groups excluding carboxylic acids is 1. The third-order valence-corrected chi connectivity index (χ3v) is 2.88. The molecule has 0 saturated heterocycles. The first-order valence-corrected chi connectivity index (χ1v) is 5.46. The molecule has 0 aromatic rings. The summed E-state index contributed by atoms with van der Waals surface area (Å²) in [6, 6.07) is 2.41. The highest BCUT2D eigenvalue weighted by molar-refractivity contribution is 5.76. The number of hydrogen-bond acceptors (Lipinski definition) is 2. The predicted octanol–water partition coefficient (Wildman–Crippen LogP) is 2.08. The maximum atomic E-state index is 11.6. The zero-order chi connectivity index (χ0) is 10.4. The van der Waals surface area contributed by atoms with Crippen molar-refractivity contribution in [2.45, 2.75) is 51.5 Å². The summed E-state index contributed by atoms with van der Waals surface area (Å²) < 4.78 is 0. The van der Waals surface area contributed by atoms with Gasteiger partial charge in [-0.3, -0.25) is 4.79 Å². The van der Waals surface area contributed by atoms with Crippen molar-refractivity contribution in [2.24, 2.45) is 0 Å². The molecule has 0 heterocycles. The molecular weight excluding hydrogens is 176 g/mol. The van der Waals surface area contributed by atoms with Gasteiger partial charge < -0.3 is 4.90 Å². The average molecular weight is 194 g/mol. The second-order valence-corrected chi connectivity index (χ2v) is 3.83. The molecule has 1 aliphatic carbocycles. The molecule has 0 N–H and O–H groups in total. The zero-order valence-electron chi connectivity index (χ0n) is 8.83. The number of carbonyl (C=O) groups is 1. The van der Waals surface area contributed by atoms with Crippen molar-refractivity contribution in [1.29, 1.82) is 5.26 Å². The summed E-state index contributed by atoms with van der Waals surface area (Å²) in [7, 11) is 0. The fourth-order valence-corrected chi connectivity index (χ4v) is 2.09. The molecule has 3 heteroatoms. The topological polar surface area (TPSA) is 44.1 Å². The Balaban J connectivity index is 2.56. The van der Waals surface area contributed by atoms with Crippen LogP contribution in [0.3, 0.4) is 0 Å². The lowest BCUT2D eigenvalue weighted by Crippen LogP contribution is -2.41. The molecule has 0 aromatic heterocycles. The van der Waals surface area contributed by atoms with E-state index >= 15 is 0 Å². The van der Waals surface area contributed by atoms with E-state index in [2.05, 4.69) is 6.07 Å². The third-order valence-electron chi connectivity index (χ3n) is 2.88. The minimum absolute atomic E-state index is 0.124. The standard InChI is InChI=1S/C11H18N2O/c1-2-11(14)13(9-8-12)10-6-4-3-5-7-10/h10H,2-7,9H2,1H3.